The van der Waals surface area contributed by atoms with Crippen LogP contribution in [0.3, 0.4) is 0 Å². The third-order valence-corrected chi connectivity index (χ3v) is 3.36. The molecule has 1 N–H and O–H groups in total. The first-order chi connectivity index (χ1) is 7.48. The number of morpholine rings is 1. The van der Waals surface area contributed by atoms with Crippen molar-refractivity contribution < 1.29 is 14.6 Å². The van der Waals surface area contributed by atoms with E-state index >= 15 is 0 Å². The summed E-state index contributed by atoms with van der Waals surface area (Å²) in [6.45, 7) is 9.36. The Morgan fingerprint density at radius 1 is 1.38 bits per heavy atom. The van der Waals surface area contributed by atoms with E-state index in [4.69, 9.17) is 9.47 Å². The summed E-state index contributed by atoms with van der Waals surface area (Å²) in [5.41, 5.74) is -0.130. The minimum absolute atomic E-state index is 0.130. The van der Waals surface area contributed by atoms with Crippen LogP contribution in [0.4, 0.5) is 0 Å². The molecule has 2 saturated heterocycles. The van der Waals surface area contributed by atoms with E-state index in [0.717, 1.165) is 19.5 Å². The van der Waals surface area contributed by atoms with Crippen LogP contribution >= 0.6 is 0 Å². The van der Waals surface area contributed by atoms with Crippen LogP contribution in [0.15, 0.2) is 0 Å². The molecule has 16 heavy (non-hydrogen) atoms. The summed E-state index contributed by atoms with van der Waals surface area (Å²) >= 11 is 0. The molecular weight excluding hydrogens is 206 g/mol. The lowest BCUT2D eigenvalue weighted by atomic mass is 9.99. The Bertz CT molecular complexity index is 244. The number of nitrogens with zero attached hydrogens (tertiary/aromatic N) is 1. The summed E-state index contributed by atoms with van der Waals surface area (Å²) in [6, 6.07) is 0.138. The smallest absolute Gasteiger partial charge is 0.0757 e. The van der Waals surface area contributed by atoms with Gasteiger partial charge in [-0.2, -0.15) is 0 Å². The second kappa shape index (κ2) is 4.61. The Hall–Kier alpha value is -0.160. The van der Waals surface area contributed by atoms with Gasteiger partial charge in [-0.25, -0.2) is 0 Å². The summed E-state index contributed by atoms with van der Waals surface area (Å²) in [5.74, 6) is 0. The highest BCUT2D eigenvalue weighted by atomic mass is 16.5. The molecule has 2 aliphatic rings. The summed E-state index contributed by atoms with van der Waals surface area (Å²) < 4.78 is 11.3. The molecule has 2 rings (SSSR count). The molecular formula is C12H23NO3. The number of hydrogen-bond acceptors (Lipinski definition) is 4. The van der Waals surface area contributed by atoms with Crippen molar-refractivity contribution in [3.8, 4) is 0 Å². The molecule has 4 nitrogen and oxygen atoms in total. The number of rotatable bonds is 1. The first-order valence-electron chi connectivity index (χ1n) is 6.16. The predicted octanol–water partition coefficient (Wildman–Crippen LogP) is 0.635. The molecule has 2 aliphatic heterocycles. The molecule has 0 aromatic rings. The maximum absolute atomic E-state index is 10.0. The average molecular weight is 229 g/mol. The maximum atomic E-state index is 10.0. The van der Waals surface area contributed by atoms with Gasteiger partial charge in [0.25, 0.3) is 0 Å². The monoisotopic (exact) mass is 229 g/mol. The zero-order valence-corrected chi connectivity index (χ0v) is 10.5. The highest BCUT2D eigenvalue weighted by Crippen LogP contribution is 2.25. The summed E-state index contributed by atoms with van der Waals surface area (Å²) in [6.07, 6.45) is 0.712. The van der Waals surface area contributed by atoms with Crippen LogP contribution in [0, 0.1) is 0 Å². The molecule has 0 amide bonds. The van der Waals surface area contributed by atoms with E-state index in [9.17, 15) is 5.11 Å². The molecule has 0 aromatic carbocycles. The van der Waals surface area contributed by atoms with Crippen molar-refractivity contribution in [1.82, 2.24) is 4.90 Å². The first-order valence-corrected chi connectivity index (χ1v) is 6.16. The van der Waals surface area contributed by atoms with Gasteiger partial charge in [0.1, 0.15) is 0 Å². The SMILES string of the molecule is CC1CN(C2COCCC2O)CC(C)(C)O1. The van der Waals surface area contributed by atoms with Crippen LogP contribution in [0.5, 0.6) is 0 Å². The van der Waals surface area contributed by atoms with Crippen molar-refractivity contribution in [2.24, 2.45) is 0 Å². The standard InChI is InChI=1S/C12H23NO3/c1-9-6-13(8-12(2,3)16-9)10-7-15-5-4-11(10)14/h9-11,14H,4-8H2,1-3H3. The largest absolute Gasteiger partial charge is 0.391 e. The minimum atomic E-state index is -0.255. The second-order valence-electron chi connectivity index (χ2n) is 5.62. The van der Waals surface area contributed by atoms with Crippen LogP contribution < -0.4 is 0 Å². The van der Waals surface area contributed by atoms with Gasteiger partial charge in [-0.05, 0) is 27.2 Å². The number of aliphatic hydroxyl groups is 1. The van der Waals surface area contributed by atoms with Crippen molar-refractivity contribution in [3.05, 3.63) is 0 Å². The molecule has 3 unspecified atom stereocenters. The van der Waals surface area contributed by atoms with Gasteiger partial charge in [-0.3, -0.25) is 4.90 Å². The van der Waals surface area contributed by atoms with E-state index in [1.807, 2.05) is 0 Å². The van der Waals surface area contributed by atoms with Crippen LogP contribution in [-0.2, 0) is 9.47 Å². The number of aliphatic hydroxyl groups excluding tert-OH is 1. The lowest BCUT2D eigenvalue weighted by molar-refractivity contribution is -0.162. The fourth-order valence-electron chi connectivity index (χ4n) is 2.82. The Balaban J connectivity index is 2.02. The van der Waals surface area contributed by atoms with E-state index in [2.05, 4.69) is 25.7 Å². The third-order valence-electron chi connectivity index (χ3n) is 3.36. The average Bonchev–Trinajstić information content (AvgIpc) is 2.15. The van der Waals surface area contributed by atoms with E-state index in [1.54, 1.807) is 0 Å². The van der Waals surface area contributed by atoms with Gasteiger partial charge in [0.2, 0.25) is 0 Å². The lowest BCUT2D eigenvalue weighted by Crippen LogP contribution is -2.60. The molecule has 2 heterocycles. The van der Waals surface area contributed by atoms with Crippen LogP contribution in [0.2, 0.25) is 0 Å². The third kappa shape index (κ3) is 2.74. The van der Waals surface area contributed by atoms with E-state index in [-0.39, 0.29) is 23.9 Å². The summed E-state index contributed by atoms with van der Waals surface area (Å²) in [4.78, 5) is 2.32. The van der Waals surface area contributed by atoms with Gasteiger partial charge in [-0.1, -0.05) is 0 Å². The Morgan fingerprint density at radius 2 is 2.12 bits per heavy atom. The van der Waals surface area contributed by atoms with Crippen molar-refractivity contribution >= 4 is 0 Å². The fourth-order valence-corrected chi connectivity index (χ4v) is 2.82. The molecule has 4 heteroatoms. The van der Waals surface area contributed by atoms with E-state index < -0.39 is 0 Å². The number of ether oxygens (including phenoxy) is 2. The Kier molecular flexibility index (Phi) is 3.54. The second-order valence-corrected chi connectivity index (χ2v) is 5.62. The first kappa shape index (κ1) is 12.3. The summed E-state index contributed by atoms with van der Waals surface area (Å²) in [7, 11) is 0. The van der Waals surface area contributed by atoms with Crippen molar-refractivity contribution in [2.45, 2.75) is 51.0 Å². The molecule has 0 spiro atoms. The normalized spacial score (nSPS) is 40.9. The predicted molar refractivity (Wildman–Crippen MR) is 61.4 cm³/mol. The fraction of sp³-hybridized carbons (Fsp3) is 1.00. The van der Waals surface area contributed by atoms with Crippen LogP contribution in [0.1, 0.15) is 27.2 Å². The molecule has 94 valence electrons. The van der Waals surface area contributed by atoms with Gasteiger partial charge in [0, 0.05) is 19.7 Å². The number of hydrogen-bond donors (Lipinski definition) is 1. The Labute approximate surface area is 97.5 Å². The highest BCUT2D eigenvalue weighted by molar-refractivity contribution is 4.90. The molecule has 0 aromatic heterocycles. The van der Waals surface area contributed by atoms with Crippen LogP contribution in [0.25, 0.3) is 0 Å². The van der Waals surface area contributed by atoms with Gasteiger partial charge < -0.3 is 14.6 Å². The van der Waals surface area contributed by atoms with Gasteiger partial charge in [-0.15, -0.1) is 0 Å². The highest BCUT2D eigenvalue weighted by Gasteiger charge is 2.38. The van der Waals surface area contributed by atoms with Crippen LogP contribution in [-0.4, -0.2) is 60.2 Å². The van der Waals surface area contributed by atoms with Crippen molar-refractivity contribution in [3.63, 3.8) is 0 Å². The summed E-state index contributed by atoms with van der Waals surface area (Å²) in [5, 5.41) is 10.0. The zero-order chi connectivity index (χ0) is 11.8. The van der Waals surface area contributed by atoms with Gasteiger partial charge in [0.15, 0.2) is 0 Å². The maximum Gasteiger partial charge on any atom is 0.0757 e. The van der Waals surface area contributed by atoms with E-state index in [0.29, 0.717) is 13.2 Å². The molecule has 0 saturated carbocycles. The molecule has 0 aliphatic carbocycles. The minimum Gasteiger partial charge on any atom is -0.391 e. The Morgan fingerprint density at radius 3 is 2.75 bits per heavy atom. The van der Waals surface area contributed by atoms with Crippen molar-refractivity contribution in [2.75, 3.05) is 26.3 Å². The molecule has 0 radical (unpaired) electrons. The quantitative estimate of drug-likeness (QED) is 0.716. The van der Waals surface area contributed by atoms with Gasteiger partial charge >= 0.3 is 0 Å². The van der Waals surface area contributed by atoms with Gasteiger partial charge in [0.05, 0.1) is 30.5 Å². The molecule has 0 bridgehead atoms. The lowest BCUT2D eigenvalue weighted by Gasteiger charge is -2.47. The zero-order valence-electron chi connectivity index (χ0n) is 10.5. The van der Waals surface area contributed by atoms with E-state index in [1.165, 1.54) is 0 Å². The van der Waals surface area contributed by atoms with Crippen molar-refractivity contribution in [1.29, 1.82) is 0 Å². The molecule has 2 fully saturated rings. The molecule has 3 atom stereocenters. The topological polar surface area (TPSA) is 41.9 Å².